The highest BCUT2D eigenvalue weighted by Gasteiger charge is 2.24. The lowest BCUT2D eigenvalue weighted by Crippen LogP contribution is -2.13. The number of rotatable bonds is 2. The van der Waals surface area contributed by atoms with Crippen LogP contribution in [0.2, 0.25) is 0 Å². The van der Waals surface area contributed by atoms with Crippen LogP contribution in [0.25, 0.3) is 0 Å². The lowest BCUT2D eigenvalue weighted by atomic mass is 10.1. The summed E-state index contributed by atoms with van der Waals surface area (Å²) in [5.41, 5.74) is 2.50. The summed E-state index contributed by atoms with van der Waals surface area (Å²) in [7, 11) is 0. The molecule has 3 heteroatoms. The van der Waals surface area contributed by atoms with E-state index in [1.807, 2.05) is 49.4 Å². The molecule has 0 fully saturated rings. The SMILES string of the molecule is C[C@H]1Cc2cccc(C(=O)Nc3ccccc3)c2O1. The molecule has 0 aromatic heterocycles. The van der Waals surface area contributed by atoms with E-state index in [0.717, 1.165) is 23.4 Å². The fraction of sp³-hybridized carbons (Fsp3) is 0.188. The van der Waals surface area contributed by atoms with Crippen molar-refractivity contribution >= 4 is 11.6 Å². The summed E-state index contributed by atoms with van der Waals surface area (Å²) in [5, 5.41) is 2.88. The number of hydrogen-bond acceptors (Lipinski definition) is 2. The normalized spacial score (nSPS) is 16.6. The van der Waals surface area contributed by atoms with E-state index in [2.05, 4.69) is 5.32 Å². The number of hydrogen-bond donors (Lipinski definition) is 1. The van der Waals surface area contributed by atoms with Gasteiger partial charge in [-0.15, -0.1) is 0 Å². The van der Waals surface area contributed by atoms with Gasteiger partial charge < -0.3 is 10.1 Å². The predicted molar refractivity (Wildman–Crippen MR) is 74.6 cm³/mol. The minimum Gasteiger partial charge on any atom is -0.489 e. The monoisotopic (exact) mass is 253 g/mol. The highest BCUT2D eigenvalue weighted by molar-refractivity contribution is 6.06. The number of anilines is 1. The van der Waals surface area contributed by atoms with Crippen LogP contribution in [0.5, 0.6) is 5.75 Å². The van der Waals surface area contributed by atoms with Crippen LogP contribution in [0.3, 0.4) is 0 Å². The molecule has 96 valence electrons. The van der Waals surface area contributed by atoms with Crippen molar-refractivity contribution in [1.29, 1.82) is 0 Å². The number of nitrogens with one attached hydrogen (secondary N) is 1. The van der Waals surface area contributed by atoms with Gasteiger partial charge >= 0.3 is 0 Å². The van der Waals surface area contributed by atoms with Crippen LogP contribution in [0.1, 0.15) is 22.8 Å². The largest absolute Gasteiger partial charge is 0.489 e. The fourth-order valence-electron chi connectivity index (χ4n) is 2.34. The maximum Gasteiger partial charge on any atom is 0.259 e. The van der Waals surface area contributed by atoms with Crippen molar-refractivity contribution in [3.63, 3.8) is 0 Å². The average Bonchev–Trinajstić information content (AvgIpc) is 2.79. The molecule has 2 aromatic carbocycles. The van der Waals surface area contributed by atoms with E-state index in [4.69, 9.17) is 4.74 Å². The molecule has 1 aliphatic rings. The maximum atomic E-state index is 12.3. The van der Waals surface area contributed by atoms with E-state index in [1.165, 1.54) is 0 Å². The van der Waals surface area contributed by atoms with Gasteiger partial charge in [-0.25, -0.2) is 0 Å². The fourth-order valence-corrected chi connectivity index (χ4v) is 2.34. The summed E-state index contributed by atoms with van der Waals surface area (Å²) >= 11 is 0. The van der Waals surface area contributed by atoms with Crippen molar-refractivity contribution in [2.45, 2.75) is 19.4 Å². The first-order chi connectivity index (χ1) is 9.24. The van der Waals surface area contributed by atoms with E-state index in [1.54, 1.807) is 6.07 Å². The molecule has 0 spiro atoms. The van der Waals surface area contributed by atoms with Gasteiger partial charge in [0.1, 0.15) is 11.9 Å². The van der Waals surface area contributed by atoms with Gasteiger partial charge in [0.2, 0.25) is 0 Å². The Morgan fingerprint density at radius 3 is 2.74 bits per heavy atom. The highest BCUT2D eigenvalue weighted by atomic mass is 16.5. The van der Waals surface area contributed by atoms with Gasteiger partial charge in [0.05, 0.1) is 5.56 Å². The smallest absolute Gasteiger partial charge is 0.259 e. The van der Waals surface area contributed by atoms with Gasteiger partial charge in [-0.2, -0.15) is 0 Å². The molecule has 0 saturated carbocycles. The summed E-state index contributed by atoms with van der Waals surface area (Å²) in [6.45, 7) is 2.01. The number of para-hydroxylation sites is 2. The summed E-state index contributed by atoms with van der Waals surface area (Å²) < 4.78 is 5.74. The topological polar surface area (TPSA) is 38.3 Å². The van der Waals surface area contributed by atoms with Crippen molar-refractivity contribution in [3.05, 3.63) is 59.7 Å². The van der Waals surface area contributed by atoms with Crippen molar-refractivity contribution < 1.29 is 9.53 Å². The first-order valence-corrected chi connectivity index (χ1v) is 6.39. The summed E-state index contributed by atoms with van der Waals surface area (Å²) in [5.74, 6) is 0.598. The first kappa shape index (κ1) is 11.8. The van der Waals surface area contributed by atoms with Crippen LogP contribution in [0, 0.1) is 0 Å². The molecule has 1 N–H and O–H groups in total. The quantitative estimate of drug-likeness (QED) is 0.892. The molecule has 1 amide bonds. The molecule has 1 aliphatic heterocycles. The van der Waals surface area contributed by atoms with Crippen LogP contribution in [-0.2, 0) is 6.42 Å². The number of ether oxygens (including phenoxy) is 1. The van der Waals surface area contributed by atoms with Gasteiger partial charge in [0.25, 0.3) is 5.91 Å². The zero-order valence-electron chi connectivity index (χ0n) is 10.7. The number of fused-ring (bicyclic) bond motifs is 1. The zero-order valence-corrected chi connectivity index (χ0v) is 10.7. The molecule has 1 atom stereocenters. The standard InChI is InChI=1S/C16H15NO2/c1-11-10-12-6-5-9-14(15(12)19-11)16(18)17-13-7-3-2-4-8-13/h2-9,11H,10H2,1H3,(H,17,18)/t11-/m0/s1. The molecule has 19 heavy (non-hydrogen) atoms. The van der Waals surface area contributed by atoms with Crippen LogP contribution in [0.15, 0.2) is 48.5 Å². The van der Waals surface area contributed by atoms with Crippen molar-refractivity contribution in [3.8, 4) is 5.75 Å². The summed E-state index contributed by atoms with van der Waals surface area (Å²) in [6.07, 6.45) is 1.00. The Bertz CT molecular complexity index is 607. The Balaban J connectivity index is 1.88. The average molecular weight is 253 g/mol. The van der Waals surface area contributed by atoms with Crippen molar-refractivity contribution in [1.82, 2.24) is 0 Å². The Morgan fingerprint density at radius 1 is 1.16 bits per heavy atom. The van der Waals surface area contributed by atoms with E-state index < -0.39 is 0 Å². The van der Waals surface area contributed by atoms with E-state index in [-0.39, 0.29) is 12.0 Å². The van der Waals surface area contributed by atoms with Gasteiger partial charge in [-0.3, -0.25) is 4.79 Å². The third kappa shape index (κ3) is 2.32. The van der Waals surface area contributed by atoms with E-state index in [0.29, 0.717) is 5.56 Å². The van der Waals surface area contributed by atoms with Gasteiger partial charge in [-0.05, 0) is 30.7 Å². The minimum absolute atomic E-state index is 0.128. The van der Waals surface area contributed by atoms with Gasteiger partial charge in [0.15, 0.2) is 0 Å². The number of carbonyl (C=O) groups is 1. The molecular weight excluding hydrogens is 238 g/mol. The number of benzene rings is 2. The molecule has 0 aliphatic carbocycles. The number of amides is 1. The molecule has 0 unspecified atom stereocenters. The van der Waals surface area contributed by atoms with Crippen LogP contribution < -0.4 is 10.1 Å². The molecule has 3 nitrogen and oxygen atoms in total. The Labute approximate surface area is 112 Å². The lowest BCUT2D eigenvalue weighted by Gasteiger charge is -2.10. The lowest BCUT2D eigenvalue weighted by molar-refractivity contribution is 0.102. The predicted octanol–water partition coefficient (Wildman–Crippen LogP) is 3.26. The third-order valence-electron chi connectivity index (χ3n) is 3.20. The second kappa shape index (κ2) is 4.76. The zero-order chi connectivity index (χ0) is 13.2. The molecule has 0 saturated heterocycles. The summed E-state index contributed by atoms with van der Waals surface area (Å²) in [4.78, 5) is 12.3. The Hall–Kier alpha value is -2.29. The number of carbonyl (C=O) groups excluding carboxylic acids is 1. The summed E-state index contributed by atoms with van der Waals surface area (Å²) in [6, 6.07) is 15.1. The van der Waals surface area contributed by atoms with E-state index >= 15 is 0 Å². The second-order valence-electron chi connectivity index (χ2n) is 4.75. The molecular formula is C16H15NO2. The van der Waals surface area contributed by atoms with E-state index in [9.17, 15) is 4.79 Å². The Morgan fingerprint density at radius 2 is 1.95 bits per heavy atom. The van der Waals surface area contributed by atoms with Crippen LogP contribution >= 0.6 is 0 Å². The van der Waals surface area contributed by atoms with Crippen LogP contribution in [-0.4, -0.2) is 12.0 Å². The Kier molecular flexibility index (Phi) is 2.95. The first-order valence-electron chi connectivity index (χ1n) is 6.39. The van der Waals surface area contributed by atoms with Gasteiger partial charge in [0, 0.05) is 12.1 Å². The molecule has 0 bridgehead atoms. The molecule has 3 rings (SSSR count). The maximum absolute atomic E-state index is 12.3. The molecule has 1 heterocycles. The second-order valence-corrected chi connectivity index (χ2v) is 4.75. The molecule has 0 radical (unpaired) electrons. The third-order valence-corrected chi connectivity index (χ3v) is 3.20. The molecule has 2 aromatic rings. The van der Waals surface area contributed by atoms with Crippen molar-refractivity contribution in [2.24, 2.45) is 0 Å². The van der Waals surface area contributed by atoms with Gasteiger partial charge in [-0.1, -0.05) is 30.3 Å². The van der Waals surface area contributed by atoms with Crippen molar-refractivity contribution in [2.75, 3.05) is 5.32 Å². The van der Waals surface area contributed by atoms with Crippen LogP contribution in [0.4, 0.5) is 5.69 Å². The minimum atomic E-state index is -0.128. The highest BCUT2D eigenvalue weighted by Crippen LogP contribution is 2.32.